The quantitative estimate of drug-likeness (QED) is 0.434. The molecule has 4 aromatic rings. The van der Waals surface area contributed by atoms with Crippen LogP contribution in [0.25, 0.3) is 21.8 Å². The zero-order valence-electron chi connectivity index (χ0n) is 17.6. The normalized spacial score (nSPS) is 11.9. The number of nitrogens with one attached hydrogen (secondary N) is 2. The van der Waals surface area contributed by atoms with Crippen LogP contribution >= 0.6 is 0 Å². The van der Waals surface area contributed by atoms with Gasteiger partial charge in [0.1, 0.15) is 0 Å². The number of Topliss-reactive ketones (excluding diaryl/α,β-unsaturated/α-hetero) is 3. The van der Waals surface area contributed by atoms with Crippen LogP contribution in [0.1, 0.15) is 64.6 Å². The lowest BCUT2D eigenvalue weighted by molar-refractivity contribution is 0.0853. The molecular weight excluding hydrogens is 376 g/mol. The molecule has 0 saturated heterocycles. The van der Waals surface area contributed by atoms with Crippen molar-refractivity contribution < 1.29 is 14.4 Å². The summed E-state index contributed by atoms with van der Waals surface area (Å²) < 4.78 is 0. The van der Waals surface area contributed by atoms with Crippen molar-refractivity contribution >= 4 is 39.2 Å². The molecule has 2 N–H and O–H groups in total. The molecule has 0 aliphatic carbocycles. The lowest BCUT2D eigenvalue weighted by atomic mass is 9.89. The average molecular weight is 400 g/mol. The molecule has 0 amide bonds. The van der Waals surface area contributed by atoms with E-state index in [1.165, 1.54) is 6.92 Å². The van der Waals surface area contributed by atoms with Crippen molar-refractivity contribution in [3.8, 4) is 0 Å². The molecule has 5 heteroatoms. The molecule has 0 unspecified atom stereocenters. The molecule has 0 bridgehead atoms. The molecule has 0 fully saturated rings. The second-order valence-corrected chi connectivity index (χ2v) is 8.82. The van der Waals surface area contributed by atoms with E-state index in [2.05, 4.69) is 9.97 Å². The SMILES string of the molecule is CC(=O)c1ccc2[nH]c(C(=O)Cc3ccc4[nH]c(C(=O)C(C)(C)C)cc4c3)cc2c1. The van der Waals surface area contributed by atoms with Gasteiger partial charge in [-0.2, -0.15) is 0 Å². The summed E-state index contributed by atoms with van der Waals surface area (Å²) in [5.74, 6) is 0.0193. The second kappa shape index (κ2) is 7.10. The number of fused-ring (bicyclic) bond motifs is 2. The Kier molecular flexibility index (Phi) is 4.69. The van der Waals surface area contributed by atoms with Gasteiger partial charge < -0.3 is 9.97 Å². The molecule has 2 heterocycles. The first-order chi connectivity index (χ1) is 14.1. The Balaban J connectivity index is 1.59. The number of H-pyrrole nitrogens is 2. The smallest absolute Gasteiger partial charge is 0.184 e. The maximum absolute atomic E-state index is 12.8. The summed E-state index contributed by atoms with van der Waals surface area (Å²) in [6.45, 7) is 7.21. The molecule has 0 saturated carbocycles. The molecule has 152 valence electrons. The highest BCUT2D eigenvalue weighted by atomic mass is 16.1. The van der Waals surface area contributed by atoms with Crippen molar-refractivity contribution in [1.29, 1.82) is 0 Å². The highest BCUT2D eigenvalue weighted by Gasteiger charge is 2.24. The Morgan fingerprint density at radius 3 is 2.07 bits per heavy atom. The number of aromatic nitrogens is 2. The summed E-state index contributed by atoms with van der Waals surface area (Å²) >= 11 is 0. The molecular formula is C25H24N2O3. The summed E-state index contributed by atoms with van der Waals surface area (Å²) in [5, 5.41) is 1.76. The second-order valence-electron chi connectivity index (χ2n) is 8.82. The van der Waals surface area contributed by atoms with E-state index >= 15 is 0 Å². The Labute approximate surface area is 174 Å². The summed E-state index contributed by atoms with van der Waals surface area (Å²) in [5.41, 5.74) is 3.85. The van der Waals surface area contributed by atoms with Crippen molar-refractivity contribution in [1.82, 2.24) is 9.97 Å². The molecule has 5 nitrogen and oxygen atoms in total. The van der Waals surface area contributed by atoms with Crippen LogP contribution in [0, 0.1) is 5.41 Å². The zero-order valence-corrected chi connectivity index (χ0v) is 17.6. The number of aromatic amines is 2. The summed E-state index contributed by atoms with van der Waals surface area (Å²) in [6, 6.07) is 14.8. The van der Waals surface area contributed by atoms with Crippen LogP contribution in [0.15, 0.2) is 48.5 Å². The molecule has 4 rings (SSSR count). The Hall–Kier alpha value is -3.47. The lowest BCUT2D eigenvalue weighted by Crippen LogP contribution is -2.20. The first-order valence-corrected chi connectivity index (χ1v) is 9.95. The molecule has 30 heavy (non-hydrogen) atoms. The van der Waals surface area contributed by atoms with Crippen molar-refractivity contribution in [2.24, 2.45) is 5.41 Å². The minimum Gasteiger partial charge on any atom is -0.352 e. The van der Waals surface area contributed by atoms with Crippen molar-refractivity contribution in [3.63, 3.8) is 0 Å². The van der Waals surface area contributed by atoms with Crippen LogP contribution in [0.5, 0.6) is 0 Å². The Bertz CT molecular complexity index is 1320. The standard InChI is InChI=1S/C25H24N2O3/c1-14(28)16-6-8-20-18(11-16)12-21(26-20)23(29)10-15-5-7-19-17(9-15)13-22(27-19)24(30)25(2,3)4/h5-9,11-13,26-27H,10H2,1-4H3. The fraction of sp³-hybridized carbons (Fsp3) is 0.240. The van der Waals surface area contributed by atoms with Crippen LogP contribution in [0.3, 0.4) is 0 Å². The number of benzene rings is 2. The van der Waals surface area contributed by atoms with Crippen LogP contribution in [0.4, 0.5) is 0 Å². The molecule has 0 spiro atoms. The summed E-state index contributed by atoms with van der Waals surface area (Å²) in [7, 11) is 0. The van der Waals surface area contributed by atoms with Gasteiger partial charge in [-0.1, -0.05) is 26.8 Å². The number of hydrogen-bond acceptors (Lipinski definition) is 3. The van der Waals surface area contributed by atoms with E-state index in [0.29, 0.717) is 17.0 Å². The van der Waals surface area contributed by atoms with Gasteiger partial charge >= 0.3 is 0 Å². The first kappa shape index (κ1) is 19.8. The largest absolute Gasteiger partial charge is 0.352 e. The van der Waals surface area contributed by atoms with Gasteiger partial charge in [0.15, 0.2) is 17.3 Å². The molecule has 2 aromatic carbocycles. The van der Waals surface area contributed by atoms with E-state index in [4.69, 9.17) is 0 Å². The summed E-state index contributed by atoms with van der Waals surface area (Å²) in [6.07, 6.45) is 0.246. The zero-order chi connectivity index (χ0) is 21.6. The first-order valence-electron chi connectivity index (χ1n) is 9.95. The topological polar surface area (TPSA) is 82.8 Å². The predicted molar refractivity (Wildman–Crippen MR) is 118 cm³/mol. The minimum atomic E-state index is -0.461. The molecule has 0 radical (unpaired) electrons. The Morgan fingerprint density at radius 2 is 1.40 bits per heavy atom. The molecule has 0 aliphatic heterocycles. The average Bonchev–Trinajstić information content (AvgIpc) is 3.29. The van der Waals surface area contributed by atoms with Gasteiger partial charge in [-0.15, -0.1) is 0 Å². The predicted octanol–water partition coefficient (Wildman–Crippen LogP) is 5.51. The third-order valence-electron chi connectivity index (χ3n) is 5.30. The van der Waals surface area contributed by atoms with E-state index in [1.54, 1.807) is 18.2 Å². The monoisotopic (exact) mass is 400 g/mol. The third kappa shape index (κ3) is 3.71. The fourth-order valence-corrected chi connectivity index (χ4v) is 3.60. The maximum atomic E-state index is 12.8. The summed E-state index contributed by atoms with van der Waals surface area (Å²) in [4.78, 5) is 43.2. The van der Waals surface area contributed by atoms with Crippen molar-refractivity contribution in [2.75, 3.05) is 0 Å². The van der Waals surface area contributed by atoms with Gasteiger partial charge in [-0.25, -0.2) is 0 Å². The van der Waals surface area contributed by atoms with E-state index in [9.17, 15) is 14.4 Å². The lowest BCUT2D eigenvalue weighted by Gasteiger charge is -2.14. The van der Waals surface area contributed by atoms with Crippen LogP contribution in [-0.4, -0.2) is 27.3 Å². The highest BCUT2D eigenvalue weighted by molar-refractivity contribution is 6.04. The maximum Gasteiger partial charge on any atom is 0.184 e. The van der Waals surface area contributed by atoms with E-state index < -0.39 is 5.41 Å². The van der Waals surface area contributed by atoms with Gasteiger partial charge in [0.2, 0.25) is 0 Å². The van der Waals surface area contributed by atoms with Crippen molar-refractivity contribution in [3.05, 3.63) is 71.0 Å². The molecule has 2 aromatic heterocycles. The van der Waals surface area contributed by atoms with Gasteiger partial charge in [0, 0.05) is 39.2 Å². The highest BCUT2D eigenvalue weighted by Crippen LogP contribution is 2.25. The number of carbonyl (C=O) groups is 3. The number of rotatable bonds is 5. The van der Waals surface area contributed by atoms with Gasteiger partial charge in [-0.3, -0.25) is 14.4 Å². The fourth-order valence-electron chi connectivity index (χ4n) is 3.60. The van der Waals surface area contributed by atoms with Gasteiger partial charge in [0.25, 0.3) is 0 Å². The number of ketones is 3. The van der Waals surface area contributed by atoms with E-state index in [-0.39, 0.29) is 23.8 Å². The molecule has 0 atom stereocenters. The van der Waals surface area contributed by atoms with E-state index in [0.717, 1.165) is 27.4 Å². The van der Waals surface area contributed by atoms with Crippen LogP contribution in [0.2, 0.25) is 0 Å². The van der Waals surface area contributed by atoms with Gasteiger partial charge in [0.05, 0.1) is 11.4 Å². The van der Waals surface area contributed by atoms with Crippen LogP contribution < -0.4 is 0 Å². The Morgan fingerprint density at radius 1 is 0.800 bits per heavy atom. The van der Waals surface area contributed by atoms with Crippen molar-refractivity contribution in [2.45, 2.75) is 34.1 Å². The minimum absolute atomic E-state index is 0.00454. The number of carbonyl (C=O) groups excluding carboxylic acids is 3. The van der Waals surface area contributed by atoms with Gasteiger partial charge in [-0.05, 0) is 55.0 Å². The third-order valence-corrected chi connectivity index (χ3v) is 5.30. The van der Waals surface area contributed by atoms with E-state index in [1.807, 2.05) is 51.1 Å². The molecule has 0 aliphatic rings. The van der Waals surface area contributed by atoms with Crippen LogP contribution in [-0.2, 0) is 6.42 Å². The number of hydrogen-bond donors (Lipinski definition) is 2.